The lowest BCUT2D eigenvalue weighted by molar-refractivity contribution is 0.411. The number of ether oxygens (including phenoxy) is 1. The predicted molar refractivity (Wildman–Crippen MR) is 94.8 cm³/mol. The largest absolute Gasteiger partial charge is 0.495 e. The number of rotatable bonds is 5. The van der Waals surface area contributed by atoms with Crippen LogP contribution in [-0.2, 0) is 0 Å². The Kier molecular flexibility index (Phi) is 4.48. The SMILES string of the molecule is C=CCSc1nc2ccccc2c(=O)n1-c1ccccc1OC. The van der Waals surface area contributed by atoms with Crippen LogP contribution in [0.1, 0.15) is 0 Å². The van der Waals surface area contributed by atoms with Crippen molar-refractivity contribution >= 4 is 22.7 Å². The van der Waals surface area contributed by atoms with E-state index in [1.165, 1.54) is 11.8 Å². The van der Waals surface area contributed by atoms with E-state index in [1.807, 2.05) is 42.5 Å². The van der Waals surface area contributed by atoms with Gasteiger partial charge in [-0.15, -0.1) is 6.58 Å². The molecule has 0 amide bonds. The highest BCUT2D eigenvalue weighted by Crippen LogP contribution is 2.26. The Morgan fingerprint density at radius 2 is 1.96 bits per heavy atom. The van der Waals surface area contributed by atoms with Crippen LogP contribution in [0.15, 0.2) is 71.1 Å². The van der Waals surface area contributed by atoms with E-state index in [0.29, 0.717) is 33.2 Å². The molecule has 0 N–H and O–H groups in total. The predicted octanol–water partition coefficient (Wildman–Crippen LogP) is 3.67. The van der Waals surface area contributed by atoms with Crippen molar-refractivity contribution in [1.82, 2.24) is 9.55 Å². The Balaban J connectivity index is 2.34. The molecular weight excluding hydrogens is 308 g/mol. The van der Waals surface area contributed by atoms with E-state index >= 15 is 0 Å². The van der Waals surface area contributed by atoms with Crippen molar-refractivity contribution in [1.29, 1.82) is 0 Å². The average molecular weight is 324 g/mol. The number of nitrogens with zero attached hydrogens (tertiary/aromatic N) is 2. The number of hydrogen-bond donors (Lipinski definition) is 0. The highest BCUT2D eigenvalue weighted by molar-refractivity contribution is 7.99. The highest BCUT2D eigenvalue weighted by Gasteiger charge is 2.15. The number of thioether (sulfide) groups is 1. The summed E-state index contributed by atoms with van der Waals surface area (Å²) >= 11 is 1.47. The van der Waals surface area contributed by atoms with E-state index in [-0.39, 0.29) is 5.56 Å². The van der Waals surface area contributed by atoms with Crippen LogP contribution < -0.4 is 10.3 Å². The van der Waals surface area contributed by atoms with E-state index in [2.05, 4.69) is 11.6 Å². The second kappa shape index (κ2) is 6.71. The molecule has 1 heterocycles. The lowest BCUT2D eigenvalue weighted by Crippen LogP contribution is -2.22. The van der Waals surface area contributed by atoms with Gasteiger partial charge in [-0.05, 0) is 24.3 Å². The van der Waals surface area contributed by atoms with Gasteiger partial charge in [0.2, 0.25) is 0 Å². The summed E-state index contributed by atoms with van der Waals surface area (Å²) in [6, 6.07) is 14.8. The first-order chi connectivity index (χ1) is 11.3. The van der Waals surface area contributed by atoms with Crippen LogP contribution in [0.25, 0.3) is 16.6 Å². The molecule has 0 aliphatic heterocycles. The van der Waals surface area contributed by atoms with Crippen LogP contribution in [0.4, 0.5) is 0 Å². The number of benzene rings is 2. The molecule has 0 unspecified atom stereocenters. The molecule has 23 heavy (non-hydrogen) atoms. The second-order valence-electron chi connectivity index (χ2n) is 4.82. The summed E-state index contributed by atoms with van der Waals surface area (Å²) in [5, 5.41) is 1.21. The third-order valence-electron chi connectivity index (χ3n) is 3.40. The van der Waals surface area contributed by atoms with Gasteiger partial charge in [0.15, 0.2) is 5.16 Å². The fourth-order valence-corrected chi connectivity index (χ4v) is 3.11. The van der Waals surface area contributed by atoms with Crippen LogP contribution in [0.3, 0.4) is 0 Å². The van der Waals surface area contributed by atoms with Gasteiger partial charge in [-0.25, -0.2) is 4.98 Å². The number of aromatic nitrogens is 2. The van der Waals surface area contributed by atoms with Crippen molar-refractivity contribution in [2.24, 2.45) is 0 Å². The van der Waals surface area contributed by atoms with Gasteiger partial charge in [0.05, 0.1) is 23.7 Å². The molecule has 0 bridgehead atoms. The molecule has 0 saturated heterocycles. The van der Waals surface area contributed by atoms with Gasteiger partial charge < -0.3 is 4.74 Å². The maximum absolute atomic E-state index is 13.0. The van der Waals surface area contributed by atoms with Crippen LogP contribution in [0.2, 0.25) is 0 Å². The molecule has 116 valence electrons. The van der Waals surface area contributed by atoms with Gasteiger partial charge in [-0.2, -0.15) is 0 Å². The molecule has 5 heteroatoms. The quantitative estimate of drug-likeness (QED) is 0.408. The Morgan fingerprint density at radius 1 is 1.22 bits per heavy atom. The molecule has 1 aromatic heterocycles. The van der Waals surface area contributed by atoms with Crippen molar-refractivity contribution in [2.75, 3.05) is 12.9 Å². The fourth-order valence-electron chi connectivity index (χ4n) is 2.37. The van der Waals surface area contributed by atoms with Crippen LogP contribution in [0.5, 0.6) is 5.75 Å². The number of fused-ring (bicyclic) bond motifs is 1. The van der Waals surface area contributed by atoms with Crippen LogP contribution >= 0.6 is 11.8 Å². The van der Waals surface area contributed by atoms with Gasteiger partial charge in [-0.3, -0.25) is 9.36 Å². The average Bonchev–Trinajstić information content (AvgIpc) is 2.60. The standard InChI is InChI=1S/C18H16N2O2S/c1-3-12-23-18-19-14-9-5-4-8-13(14)17(21)20(18)15-10-6-7-11-16(15)22-2/h3-11H,1,12H2,2H3. The molecule has 0 saturated carbocycles. The van der Waals surface area contributed by atoms with E-state index in [4.69, 9.17) is 4.74 Å². The molecule has 2 aromatic carbocycles. The van der Waals surface area contributed by atoms with Gasteiger partial charge in [0, 0.05) is 5.75 Å². The van der Waals surface area contributed by atoms with E-state index in [1.54, 1.807) is 23.8 Å². The van der Waals surface area contributed by atoms with Crippen LogP contribution in [0, 0.1) is 0 Å². The molecule has 0 aliphatic rings. The minimum atomic E-state index is -0.105. The molecule has 0 fully saturated rings. The molecule has 0 radical (unpaired) electrons. The van der Waals surface area contributed by atoms with Crippen LogP contribution in [-0.4, -0.2) is 22.4 Å². The van der Waals surface area contributed by atoms with Crippen molar-refractivity contribution in [3.05, 3.63) is 71.5 Å². The van der Waals surface area contributed by atoms with Crippen molar-refractivity contribution in [2.45, 2.75) is 5.16 Å². The topological polar surface area (TPSA) is 44.1 Å². The highest BCUT2D eigenvalue weighted by atomic mass is 32.2. The molecule has 4 nitrogen and oxygen atoms in total. The number of methoxy groups -OCH3 is 1. The summed E-state index contributed by atoms with van der Waals surface area (Å²) in [5.74, 6) is 1.30. The number of hydrogen-bond acceptors (Lipinski definition) is 4. The zero-order valence-electron chi connectivity index (χ0n) is 12.7. The van der Waals surface area contributed by atoms with Crippen molar-refractivity contribution in [3.8, 4) is 11.4 Å². The van der Waals surface area contributed by atoms with E-state index in [9.17, 15) is 4.79 Å². The third-order valence-corrected chi connectivity index (χ3v) is 4.34. The maximum atomic E-state index is 13.0. The molecule has 0 aliphatic carbocycles. The Labute approximate surface area is 138 Å². The minimum Gasteiger partial charge on any atom is -0.495 e. The normalized spacial score (nSPS) is 10.7. The first-order valence-electron chi connectivity index (χ1n) is 7.15. The summed E-state index contributed by atoms with van der Waals surface area (Å²) in [6.45, 7) is 3.74. The van der Waals surface area contributed by atoms with Gasteiger partial charge in [0.25, 0.3) is 5.56 Å². The minimum absolute atomic E-state index is 0.105. The summed E-state index contributed by atoms with van der Waals surface area (Å²) in [5.41, 5.74) is 1.27. The Morgan fingerprint density at radius 3 is 2.74 bits per heavy atom. The lowest BCUT2D eigenvalue weighted by Gasteiger charge is -2.15. The second-order valence-corrected chi connectivity index (χ2v) is 5.81. The first-order valence-corrected chi connectivity index (χ1v) is 8.13. The molecule has 3 rings (SSSR count). The van der Waals surface area contributed by atoms with E-state index < -0.39 is 0 Å². The fraction of sp³-hybridized carbons (Fsp3) is 0.111. The maximum Gasteiger partial charge on any atom is 0.266 e. The van der Waals surface area contributed by atoms with E-state index in [0.717, 1.165) is 0 Å². The Bertz CT molecular complexity index is 918. The number of para-hydroxylation sites is 3. The smallest absolute Gasteiger partial charge is 0.266 e. The monoisotopic (exact) mass is 324 g/mol. The molecular formula is C18H16N2O2S. The zero-order chi connectivity index (χ0) is 16.2. The summed E-state index contributed by atoms with van der Waals surface area (Å²) in [4.78, 5) is 17.7. The molecule has 0 spiro atoms. The third kappa shape index (κ3) is 2.87. The molecule has 3 aromatic rings. The Hall–Kier alpha value is -2.53. The zero-order valence-corrected chi connectivity index (χ0v) is 13.5. The summed E-state index contributed by atoms with van der Waals surface area (Å²) in [7, 11) is 1.59. The molecule has 0 atom stereocenters. The summed E-state index contributed by atoms with van der Waals surface area (Å²) < 4.78 is 7.02. The summed E-state index contributed by atoms with van der Waals surface area (Å²) in [6.07, 6.45) is 1.79. The first kappa shape index (κ1) is 15.4. The van der Waals surface area contributed by atoms with Gasteiger partial charge in [-0.1, -0.05) is 42.1 Å². The van der Waals surface area contributed by atoms with Crippen molar-refractivity contribution < 1.29 is 4.74 Å². The van der Waals surface area contributed by atoms with Gasteiger partial charge >= 0.3 is 0 Å². The van der Waals surface area contributed by atoms with Crippen molar-refractivity contribution in [3.63, 3.8) is 0 Å². The lowest BCUT2D eigenvalue weighted by atomic mass is 10.2. The van der Waals surface area contributed by atoms with Gasteiger partial charge in [0.1, 0.15) is 5.75 Å².